The summed E-state index contributed by atoms with van der Waals surface area (Å²) in [5.41, 5.74) is 0.972. The van der Waals surface area contributed by atoms with E-state index in [2.05, 4.69) is 33.6 Å². The van der Waals surface area contributed by atoms with Gasteiger partial charge in [0.15, 0.2) is 11.5 Å². The first-order valence-corrected chi connectivity index (χ1v) is 8.55. The van der Waals surface area contributed by atoms with Crippen LogP contribution in [0.5, 0.6) is 11.5 Å². The number of hydrogen-bond donors (Lipinski definition) is 1. The second kappa shape index (κ2) is 7.49. The lowest BCUT2D eigenvalue weighted by molar-refractivity contribution is 0.354. The lowest BCUT2D eigenvalue weighted by Crippen LogP contribution is -2.21. The largest absolute Gasteiger partial charge is 0.493 e. The third-order valence-corrected chi connectivity index (χ3v) is 5.39. The molecule has 0 aliphatic rings. The third kappa shape index (κ3) is 3.54. The summed E-state index contributed by atoms with van der Waals surface area (Å²) in [7, 11) is 3.23. The minimum absolute atomic E-state index is 0.0108. The van der Waals surface area contributed by atoms with Crippen molar-refractivity contribution >= 4 is 38.9 Å². The van der Waals surface area contributed by atoms with Crippen molar-refractivity contribution in [2.75, 3.05) is 20.8 Å². The van der Waals surface area contributed by atoms with Gasteiger partial charge in [-0.1, -0.05) is 18.5 Å². The maximum Gasteiger partial charge on any atom is 0.162 e. The monoisotopic (exact) mass is 389 g/mol. The van der Waals surface area contributed by atoms with Gasteiger partial charge in [-0.2, -0.15) is 0 Å². The number of hydrogen-bond acceptors (Lipinski definition) is 4. The van der Waals surface area contributed by atoms with E-state index in [1.807, 2.05) is 12.1 Å². The Morgan fingerprint density at radius 2 is 1.95 bits per heavy atom. The van der Waals surface area contributed by atoms with E-state index in [0.29, 0.717) is 16.5 Å². The van der Waals surface area contributed by atoms with Gasteiger partial charge in [0.2, 0.25) is 0 Å². The molecule has 2 aromatic rings. The summed E-state index contributed by atoms with van der Waals surface area (Å²) in [5.74, 6) is 1.30. The summed E-state index contributed by atoms with van der Waals surface area (Å²) in [6.07, 6.45) is 0. The summed E-state index contributed by atoms with van der Waals surface area (Å²) >= 11 is 11.7. The van der Waals surface area contributed by atoms with E-state index >= 15 is 0 Å². The van der Waals surface area contributed by atoms with Gasteiger partial charge >= 0.3 is 0 Å². The molecule has 114 valence electrons. The van der Waals surface area contributed by atoms with Gasteiger partial charge in [-0.25, -0.2) is 0 Å². The number of methoxy groups -OCH3 is 2. The molecule has 0 bridgehead atoms. The van der Waals surface area contributed by atoms with E-state index in [-0.39, 0.29) is 6.04 Å². The van der Waals surface area contributed by atoms with Crippen molar-refractivity contribution in [1.29, 1.82) is 0 Å². The Morgan fingerprint density at radius 3 is 2.48 bits per heavy atom. The molecule has 6 heteroatoms. The van der Waals surface area contributed by atoms with E-state index in [4.69, 9.17) is 21.1 Å². The lowest BCUT2D eigenvalue weighted by Gasteiger charge is -2.21. The quantitative estimate of drug-likeness (QED) is 0.762. The first kappa shape index (κ1) is 16.6. The molecule has 0 amide bonds. The predicted molar refractivity (Wildman–Crippen MR) is 92.1 cm³/mol. The third-order valence-electron chi connectivity index (χ3n) is 3.13. The van der Waals surface area contributed by atoms with Crippen molar-refractivity contribution in [1.82, 2.24) is 5.32 Å². The molecule has 1 heterocycles. The highest BCUT2D eigenvalue weighted by atomic mass is 79.9. The van der Waals surface area contributed by atoms with E-state index < -0.39 is 0 Å². The molecule has 0 aliphatic heterocycles. The van der Waals surface area contributed by atoms with Crippen molar-refractivity contribution in [3.63, 3.8) is 0 Å². The molecule has 2 rings (SSSR count). The van der Waals surface area contributed by atoms with Crippen molar-refractivity contribution in [3.05, 3.63) is 43.5 Å². The highest BCUT2D eigenvalue weighted by Crippen LogP contribution is 2.40. The van der Waals surface area contributed by atoms with Gasteiger partial charge < -0.3 is 14.8 Å². The van der Waals surface area contributed by atoms with Crippen LogP contribution in [-0.2, 0) is 0 Å². The Balaban J connectivity index is 2.53. The van der Waals surface area contributed by atoms with Crippen LogP contribution in [0, 0.1) is 0 Å². The summed E-state index contributed by atoms with van der Waals surface area (Å²) in [4.78, 5) is 1.19. The van der Waals surface area contributed by atoms with E-state index in [1.165, 1.54) is 4.88 Å². The molecule has 0 radical (unpaired) electrons. The predicted octanol–water partition coefficient (Wildman–Crippen LogP) is 4.88. The van der Waals surface area contributed by atoms with Gasteiger partial charge in [-0.3, -0.25) is 0 Å². The van der Waals surface area contributed by atoms with Crippen LogP contribution < -0.4 is 14.8 Å². The molecule has 1 aromatic carbocycles. The Labute approximate surface area is 142 Å². The lowest BCUT2D eigenvalue weighted by atomic mass is 10.0. The fourth-order valence-corrected chi connectivity index (χ4v) is 4.11. The van der Waals surface area contributed by atoms with E-state index in [1.54, 1.807) is 31.6 Å². The van der Waals surface area contributed by atoms with Crippen LogP contribution in [0.25, 0.3) is 0 Å². The first-order valence-electron chi connectivity index (χ1n) is 6.50. The molecule has 3 nitrogen and oxygen atoms in total. The number of ether oxygens (including phenoxy) is 2. The zero-order chi connectivity index (χ0) is 15.4. The minimum Gasteiger partial charge on any atom is -0.493 e. The fourth-order valence-electron chi connectivity index (χ4n) is 2.15. The van der Waals surface area contributed by atoms with Crippen LogP contribution in [0.4, 0.5) is 0 Å². The first-order chi connectivity index (χ1) is 10.1. The van der Waals surface area contributed by atoms with Crippen LogP contribution in [0.2, 0.25) is 5.02 Å². The van der Waals surface area contributed by atoms with E-state index in [9.17, 15) is 0 Å². The number of thiophene rings is 1. The fraction of sp³-hybridized carbons (Fsp3) is 0.333. The molecule has 0 saturated carbocycles. The Bertz CT molecular complexity index is 618. The number of halogens is 2. The van der Waals surface area contributed by atoms with Gasteiger partial charge in [-0.15, -0.1) is 11.3 Å². The highest BCUT2D eigenvalue weighted by molar-refractivity contribution is 9.10. The molecule has 0 fully saturated rings. The maximum absolute atomic E-state index is 6.45. The maximum atomic E-state index is 6.45. The van der Waals surface area contributed by atoms with Crippen molar-refractivity contribution in [3.8, 4) is 11.5 Å². The SMILES string of the molecule is CCNC(c1cc(OC)c(OC)cc1Cl)c1sccc1Br. The van der Waals surface area contributed by atoms with Gasteiger partial charge in [0, 0.05) is 20.4 Å². The topological polar surface area (TPSA) is 30.5 Å². The summed E-state index contributed by atoms with van der Waals surface area (Å²) < 4.78 is 11.8. The van der Waals surface area contributed by atoms with Crippen molar-refractivity contribution < 1.29 is 9.47 Å². The molecule has 1 atom stereocenters. The highest BCUT2D eigenvalue weighted by Gasteiger charge is 2.22. The van der Waals surface area contributed by atoms with E-state index in [0.717, 1.165) is 16.6 Å². The minimum atomic E-state index is 0.0108. The summed E-state index contributed by atoms with van der Waals surface area (Å²) in [6, 6.07) is 5.78. The van der Waals surface area contributed by atoms with Gasteiger partial charge in [0.05, 0.1) is 20.3 Å². The zero-order valence-corrected chi connectivity index (χ0v) is 15.2. The number of benzene rings is 1. The van der Waals surface area contributed by atoms with Crippen molar-refractivity contribution in [2.45, 2.75) is 13.0 Å². The Morgan fingerprint density at radius 1 is 1.29 bits per heavy atom. The van der Waals surface area contributed by atoms with Crippen LogP contribution in [-0.4, -0.2) is 20.8 Å². The van der Waals surface area contributed by atoms with Crippen LogP contribution in [0.1, 0.15) is 23.4 Å². The Kier molecular flexibility index (Phi) is 5.93. The zero-order valence-electron chi connectivity index (χ0n) is 12.1. The van der Waals surface area contributed by atoms with Gasteiger partial charge in [0.1, 0.15) is 0 Å². The van der Waals surface area contributed by atoms with Gasteiger partial charge in [0.25, 0.3) is 0 Å². The van der Waals surface area contributed by atoms with Crippen molar-refractivity contribution in [2.24, 2.45) is 0 Å². The number of rotatable bonds is 6. The molecule has 21 heavy (non-hydrogen) atoms. The molecule has 1 unspecified atom stereocenters. The average Bonchev–Trinajstić information content (AvgIpc) is 2.90. The smallest absolute Gasteiger partial charge is 0.162 e. The standard InChI is InChI=1S/C15H17BrClNO2S/c1-4-18-14(15-10(16)5-6-21-15)9-7-12(19-2)13(20-3)8-11(9)17/h5-8,14,18H,4H2,1-3H3. The molecular weight excluding hydrogens is 374 g/mol. The van der Waals surface area contributed by atoms with Gasteiger partial charge in [-0.05, 0) is 45.6 Å². The summed E-state index contributed by atoms with van der Waals surface area (Å²) in [6.45, 7) is 2.91. The molecule has 0 aliphatic carbocycles. The second-order valence-corrected chi connectivity index (χ2v) is 6.56. The average molecular weight is 391 g/mol. The summed E-state index contributed by atoms with van der Waals surface area (Å²) in [5, 5.41) is 6.18. The second-order valence-electron chi connectivity index (χ2n) is 4.35. The molecule has 1 aromatic heterocycles. The van der Waals surface area contributed by atoms with Crippen LogP contribution >= 0.6 is 38.9 Å². The number of nitrogens with one attached hydrogen (secondary N) is 1. The van der Waals surface area contributed by atoms with Crippen LogP contribution in [0.15, 0.2) is 28.1 Å². The molecule has 0 saturated heterocycles. The normalized spacial score (nSPS) is 12.2. The van der Waals surface area contributed by atoms with Crippen LogP contribution in [0.3, 0.4) is 0 Å². The Hall–Kier alpha value is -0.750. The molecular formula is C15H17BrClNO2S. The molecule has 0 spiro atoms. The molecule has 1 N–H and O–H groups in total.